The molecule has 1 saturated carbocycles. The number of aromatic nitrogens is 2. The first-order chi connectivity index (χ1) is 9.11. The monoisotopic (exact) mass is 265 g/mol. The quantitative estimate of drug-likeness (QED) is 0.812. The Bertz CT molecular complexity index is 442. The van der Waals surface area contributed by atoms with E-state index in [4.69, 9.17) is 0 Å². The minimum absolute atomic E-state index is 0.115. The lowest BCUT2D eigenvalue weighted by atomic mass is 10.1. The molecule has 0 saturated heterocycles. The van der Waals surface area contributed by atoms with E-state index in [2.05, 4.69) is 10.4 Å². The highest BCUT2D eigenvalue weighted by atomic mass is 16.3. The van der Waals surface area contributed by atoms with Crippen molar-refractivity contribution >= 4 is 5.91 Å². The molecular weight excluding hydrogens is 242 g/mol. The first kappa shape index (κ1) is 14.1. The van der Waals surface area contributed by atoms with E-state index in [1.807, 2.05) is 14.0 Å². The van der Waals surface area contributed by atoms with Crippen molar-refractivity contribution in [2.24, 2.45) is 7.05 Å². The molecule has 1 aromatic rings. The number of aliphatic hydroxyl groups excluding tert-OH is 1. The van der Waals surface area contributed by atoms with Crippen LogP contribution in [0.25, 0.3) is 0 Å². The van der Waals surface area contributed by atoms with Gasteiger partial charge in [0.1, 0.15) is 0 Å². The van der Waals surface area contributed by atoms with Crippen LogP contribution in [0, 0.1) is 0 Å². The summed E-state index contributed by atoms with van der Waals surface area (Å²) in [6.07, 6.45) is 6.93. The average molecular weight is 265 g/mol. The highest BCUT2D eigenvalue weighted by Gasteiger charge is 2.25. The normalized spacial score (nSPS) is 23.9. The predicted molar refractivity (Wildman–Crippen MR) is 72.9 cm³/mol. The van der Waals surface area contributed by atoms with Gasteiger partial charge < -0.3 is 10.4 Å². The first-order valence-corrected chi connectivity index (χ1v) is 7.13. The molecule has 2 unspecified atom stereocenters. The van der Waals surface area contributed by atoms with E-state index in [9.17, 15) is 9.90 Å². The minimum atomic E-state index is -0.423. The van der Waals surface area contributed by atoms with Gasteiger partial charge >= 0.3 is 0 Å². The molecule has 1 heterocycles. The summed E-state index contributed by atoms with van der Waals surface area (Å²) in [6.45, 7) is 1.99. The summed E-state index contributed by atoms with van der Waals surface area (Å²) < 4.78 is 1.66. The highest BCUT2D eigenvalue weighted by Crippen LogP contribution is 2.19. The molecule has 1 aromatic heterocycles. The lowest BCUT2D eigenvalue weighted by molar-refractivity contribution is 0.0818. The molecule has 1 amide bonds. The summed E-state index contributed by atoms with van der Waals surface area (Å²) in [5.74, 6) is -0.115. The average Bonchev–Trinajstić information content (AvgIpc) is 2.66. The molecule has 0 radical (unpaired) electrons. The van der Waals surface area contributed by atoms with Crippen LogP contribution in [0.4, 0.5) is 0 Å². The van der Waals surface area contributed by atoms with Crippen LogP contribution in [0.5, 0.6) is 0 Å². The number of nitrogens with zero attached hydrogens (tertiary/aromatic N) is 2. The molecule has 0 spiro atoms. The summed E-state index contributed by atoms with van der Waals surface area (Å²) in [7, 11) is 1.82. The van der Waals surface area contributed by atoms with Crippen LogP contribution < -0.4 is 5.32 Å². The van der Waals surface area contributed by atoms with Crippen molar-refractivity contribution in [3.05, 3.63) is 17.5 Å². The van der Waals surface area contributed by atoms with Crippen LogP contribution in [0.2, 0.25) is 0 Å². The Labute approximate surface area is 114 Å². The fraction of sp³-hybridized carbons (Fsp3) is 0.714. The number of amides is 1. The molecule has 2 N–H and O–H groups in total. The molecule has 1 aliphatic rings. The molecule has 1 aliphatic carbocycles. The number of hydrogen-bond donors (Lipinski definition) is 2. The van der Waals surface area contributed by atoms with Gasteiger partial charge in [-0.3, -0.25) is 9.48 Å². The second-order valence-electron chi connectivity index (χ2n) is 5.30. The minimum Gasteiger partial charge on any atom is -0.391 e. The fourth-order valence-electron chi connectivity index (χ4n) is 2.69. The largest absolute Gasteiger partial charge is 0.391 e. The van der Waals surface area contributed by atoms with Crippen molar-refractivity contribution in [2.45, 2.75) is 57.6 Å². The van der Waals surface area contributed by atoms with Crippen LogP contribution in [0.15, 0.2) is 6.20 Å². The Hall–Kier alpha value is -1.36. The maximum atomic E-state index is 12.3. The number of aliphatic hydroxyl groups is 1. The van der Waals surface area contributed by atoms with Crippen molar-refractivity contribution in [1.82, 2.24) is 15.1 Å². The van der Waals surface area contributed by atoms with Gasteiger partial charge in [0.25, 0.3) is 5.91 Å². The van der Waals surface area contributed by atoms with E-state index in [-0.39, 0.29) is 11.9 Å². The Kier molecular flexibility index (Phi) is 4.58. The number of carbonyl (C=O) groups excluding carboxylic acids is 1. The van der Waals surface area contributed by atoms with E-state index in [1.165, 1.54) is 0 Å². The van der Waals surface area contributed by atoms with Gasteiger partial charge in [0.05, 0.1) is 23.4 Å². The Morgan fingerprint density at radius 3 is 2.95 bits per heavy atom. The van der Waals surface area contributed by atoms with Gasteiger partial charge in [0, 0.05) is 13.2 Å². The molecule has 19 heavy (non-hydrogen) atoms. The van der Waals surface area contributed by atoms with Crippen LogP contribution >= 0.6 is 0 Å². The first-order valence-electron chi connectivity index (χ1n) is 7.13. The number of rotatable bonds is 3. The third-order valence-electron chi connectivity index (χ3n) is 3.78. The summed E-state index contributed by atoms with van der Waals surface area (Å²) in [5, 5.41) is 17.3. The lowest BCUT2D eigenvalue weighted by Gasteiger charge is -2.21. The Balaban J connectivity index is 2.06. The van der Waals surface area contributed by atoms with Gasteiger partial charge in [-0.15, -0.1) is 0 Å². The number of nitrogens with one attached hydrogen (secondary N) is 1. The van der Waals surface area contributed by atoms with E-state index in [1.54, 1.807) is 10.9 Å². The summed E-state index contributed by atoms with van der Waals surface area (Å²) in [6, 6.07) is -0.125. The Morgan fingerprint density at radius 2 is 2.21 bits per heavy atom. The third kappa shape index (κ3) is 3.35. The van der Waals surface area contributed by atoms with Gasteiger partial charge in [0.15, 0.2) is 0 Å². The maximum absolute atomic E-state index is 12.3. The molecule has 1 fully saturated rings. The third-order valence-corrected chi connectivity index (χ3v) is 3.78. The standard InChI is InChI=1S/C14H23N3O2/c1-3-11-10(9-17(2)16-11)14(19)15-12-7-5-4-6-8-13(12)18/h9,12-13,18H,3-8H2,1-2H3,(H,15,19). The number of hydrogen-bond acceptors (Lipinski definition) is 3. The Morgan fingerprint density at radius 1 is 1.47 bits per heavy atom. The van der Waals surface area contributed by atoms with Crippen molar-refractivity contribution in [2.75, 3.05) is 0 Å². The summed E-state index contributed by atoms with van der Waals surface area (Å²) in [4.78, 5) is 12.3. The molecule has 0 aliphatic heterocycles. The van der Waals surface area contributed by atoms with Crippen LogP contribution in [0.1, 0.15) is 55.1 Å². The summed E-state index contributed by atoms with van der Waals surface area (Å²) >= 11 is 0. The van der Waals surface area contributed by atoms with E-state index >= 15 is 0 Å². The van der Waals surface area contributed by atoms with E-state index in [0.29, 0.717) is 5.56 Å². The number of aryl methyl sites for hydroxylation is 2. The van der Waals surface area contributed by atoms with Gasteiger partial charge in [-0.1, -0.05) is 26.2 Å². The van der Waals surface area contributed by atoms with Crippen molar-refractivity contribution < 1.29 is 9.90 Å². The molecule has 5 heteroatoms. The fourth-order valence-corrected chi connectivity index (χ4v) is 2.69. The van der Waals surface area contributed by atoms with E-state index in [0.717, 1.165) is 44.2 Å². The number of carbonyl (C=O) groups is 1. The predicted octanol–water partition coefficient (Wildman–Crippen LogP) is 1.41. The zero-order chi connectivity index (χ0) is 13.8. The van der Waals surface area contributed by atoms with Crippen molar-refractivity contribution in [3.63, 3.8) is 0 Å². The van der Waals surface area contributed by atoms with Crippen LogP contribution in [0.3, 0.4) is 0 Å². The van der Waals surface area contributed by atoms with Gasteiger partial charge in [-0.2, -0.15) is 5.10 Å². The molecule has 106 valence electrons. The van der Waals surface area contributed by atoms with Gasteiger partial charge in [-0.25, -0.2) is 0 Å². The molecule has 0 aromatic carbocycles. The SMILES string of the molecule is CCc1nn(C)cc1C(=O)NC1CCCCCC1O. The second kappa shape index (κ2) is 6.19. The van der Waals surface area contributed by atoms with Gasteiger partial charge in [0.2, 0.25) is 0 Å². The molecule has 2 rings (SSSR count). The van der Waals surface area contributed by atoms with Crippen LogP contribution in [-0.4, -0.2) is 32.9 Å². The molecule has 2 atom stereocenters. The maximum Gasteiger partial charge on any atom is 0.255 e. The van der Waals surface area contributed by atoms with Gasteiger partial charge in [-0.05, 0) is 19.3 Å². The topological polar surface area (TPSA) is 67.2 Å². The highest BCUT2D eigenvalue weighted by molar-refractivity contribution is 5.95. The molecule has 5 nitrogen and oxygen atoms in total. The summed E-state index contributed by atoms with van der Waals surface area (Å²) in [5.41, 5.74) is 1.43. The van der Waals surface area contributed by atoms with Crippen LogP contribution in [-0.2, 0) is 13.5 Å². The molecule has 0 bridgehead atoms. The van der Waals surface area contributed by atoms with Crippen molar-refractivity contribution in [3.8, 4) is 0 Å². The molecular formula is C14H23N3O2. The van der Waals surface area contributed by atoms with Crippen molar-refractivity contribution in [1.29, 1.82) is 0 Å². The van der Waals surface area contributed by atoms with E-state index < -0.39 is 6.10 Å². The second-order valence-corrected chi connectivity index (χ2v) is 5.30. The zero-order valence-electron chi connectivity index (χ0n) is 11.7. The smallest absolute Gasteiger partial charge is 0.255 e. The lowest BCUT2D eigenvalue weighted by Crippen LogP contribution is -2.42. The zero-order valence-corrected chi connectivity index (χ0v) is 11.7.